The van der Waals surface area contributed by atoms with Gasteiger partial charge in [0.2, 0.25) is 0 Å². The van der Waals surface area contributed by atoms with Gasteiger partial charge in [-0.25, -0.2) is 0 Å². The van der Waals surface area contributed by atoms with E-state index in [1.807, 2.05) is 20.8 Å². The number of carbonyl (C=O) groups is 1. The Bertz CT molecular complexity index is 330. The quantitative estimate of drug-likeness (QED) is 0.501. The van der Waals surface area contributed by atoms with Crippen molar-refractivity contribution < 1.29 is 4.79 Å². The number of aldehydes is 1. The maximum absolute atomic E-state index is 10.1. The molecule has 0 spiro atoms. The first-order chi connectivity index (χ1) is 6.15. The third-order valence-electron chi connectivity index (χ3n) is 1.90. The zero-order valence-electron chi connectivity index (χ0n) is 8.16. The van der Waals surface area contributed by atoms with Crippen LogP contribution in [0, 0.1) is 20.8 Å². The van der Waals surface area contributed by atoms with Crippen molar-refractivity contribution in [3.05, 3.63) is 28.8 Å². The summed E-state index contributed by atoms with van der Waals surface area (Å²) >= 11 is 0. The highest BCUT2D eigenvalue weighted by Crippen LogP contribution is 2.24. The molecular weight excluding hydrogens is 162 g/mol. The minimum atomic E-state index is 0.693. The minimum absolute atomic E-state index is 0.693. The third-order valence-corrected chi connectivity index (χ3v) is 1.90. The summed E-state index contributed by atoms with van der Waals surface area (Å²) in [6.45, 7) is 6.04. The Labute approximate surface area is 78.3 Å². The number of hydrogen-bond donors (Lipinski definition) is 0. The standard InChI is InChI=1S/C11H13NO/c1-8-6-9(2)11(10(3)7-8)12-4-5-13/h4-7H,1-3H3. The monoisotopic (exact) mass is 175 g/mol. The molecule has 68 valence electrons. The Morgan fingerprint density at radius 2 is 1.69 bits per heavy atom. The largest absolute Gasteiger partial charge is 0.297 e. The number of nitrogens with zero attached hydrogens (tertiary/aromatic N) is 1. The number of aliphatic imine (C=N–C) groups is 1. The summed E-state index contributed by atoms with van der Waals surface area (Å²) in [5, 5.41) is 0. The molecule has 0 bridgehead atoms. The second-order valence-corrected chi connectivity index (χ2v) is 3.16. The van der Waals surface area contributed by atoms with Gasteiger partial charge in [0.05, 0.1) is 11.9 Å². The number of benzene rings is 1. The molecule has 0 aliphatic rings. The van der Waals surface area contributed by atoms with Gasteiger partial charge in [-0.2, -0.15) is 0 Å². The van der Waals surface area contributed by atoms with Crippen molar-refractivity contribution in [1.82, 2.24) is 0 Å². The second-order valence-electron chi connectivity index (χ2n) is 3.16. The first-order valence-corrected chi connectivity index (χ1v) is 4.21. The van der Waals surface area contributed by atoms with Gasteiger partial charge in [-0.05, 0) is 31.9 Å². The molecule has 0 aromatic heterocycles. The smallest absolute Gasteiger partial charge is 0.161 e. The topological polar surface area (TPSA) is 29.4 Å². The predicted molar refractivity (Wildman–Crippen MR) is 54.9 cm³/mol. The van der Waals surface area contributed by atoms with E-state index in [1.165, 1.54) is 11.8 Å². The van der Waals surface area contributed by atoms with Crippen molar-refractivity contribution >= 4 is 18.2 Å². The Kier molecular flexibility index (Phi) is 2.96. The van der Waals surface area contributed by atoms with E-state index in [-0.39, 0.29) is 0 Å². The summed E-state index contributed by atoms with van der Waals surface area (Å²) in [4.78, 5) is 14.2. The van der Waals surface area contributed by atoms with E-state index >= 15 is 0 Å². The van der Waals surface area contributed by atoms with Gasteiger partial charge in [-0.3, -0.25) is 9.79 Å². The van der Waals surface area contributed by atoms with E-state index in [9.17, 15) is 4.79 Å². The Hall–Kier alpha value is -1.44. The van der Waals surface area contributed by atoms with Crippen molar-refractivity contribution in [2.75, 3.05) is 0 Å². The van der Waals surface area contributed by atoms with Crippen LogP contribution in [0.3, 0.4) is 0 Å². The molecule has 0 amide bonds. The molecule has 1 aromatic rings. The molecule has 13 heavy (non-hydrogen) atoms. The summed E-state index contributed by atoms with van der Waals surface area (Å²) < 4.78 is 0. The molecule has 2 heteroatoms. The minimum Gasteiger partial charge on any atom is -0.297 e. The number of hydrogen-bond acceptors (Lipinski definition) is 2. The van der Waals surface area contributed by atoms with Gasteiger partial charge in [0, 0.05) is 0 Å². The van der Waals surface area contributed by atoms with Gasteiger partial charge in [-0.1, -0.05) is 17.7 Å². The maximum Gasteiger partial charge on any atom is 0.161 e. The highest BCUT2D eigenvalue weighted by Gasteiger charge is 2.00. The van der Waals surface area contributed by atoms with Crippen LogP contribution in [-0.2, 0) is 4.79 Å². The van der Waals surface area contributed by atoms with Crippen LogP contribution in [0.5, 0.6) is 0 Å². The lowest BCUT2D eigenvalue weighted by Gasteiger charge is -2.05. The number of aryl methyl sites for hydroxylation is 3. The lowest BCUT2D eigenvalue weighted by atomic mass is 10.1. The Morgan fingerprint density at radius 1 is 1.15 bits per heavy atom. The van der Waals surface area contributed by atoms with Crippen LogP contribution in [-0.4, -0.2) is 12.5 Å². The van der Waals surface area contributed by atoms with Crippen LogP contribution in [0.2, 0.25) is 0 Å². The van der Waals surface area contributed by atoms with Crippen molar-refractivity contribution in [1.29, 1.82) is 0 Å². The van der Waals surface area contributed by atoms with Crippen LogP contribution in [0.4, 0.5) is 5.69 Å². The Morgan fingerprint density at radius 3 is 2.15 bits per heavy atom. The number of rotatable bonds is 2. The van der Waals surface area contributed by atoms with E-state index in [2.05, 4.69) is 17.1 Å². The van der Waals surface area contributed by atoms with Crippen LogP contribution in [0.25, 0.3) is 0 Å². The molecule has 0 N–H and O–H groups in total. The fourth-order valence-electron chi connectivity index (χ4n) is 1.48. The average Bonchev–Trinajstić information content (AvgIpc) is 2.02. The fourth-order valence-corrected chi connectivity index (χ4v) is 1.48. The zero-order chi connectivity index (χ0) is 9.84. The molecule has 0 aliphatic carbocycles. The molecule has 0 fully saturated rings. The first-order valence-electron chi connectivity index (χ1n) is 4.21. The maximum atomic E-state index is 10.1. The normalized spacial score (nSPS) is 10.7. The van der Waals surface area contributed by atoms with Crippen LogP contribution < -0.4 is 0 Å². The molecule has 1 rings (SSSR count). The van der Waals surface area contributed by atoms with Crippen molar-refractivity contribution in [3.8, 4) is 0 Å². The first kappa shape index (κ1) is 9.65. The molecule has 0 saturated heterocycles. The van der Waals surface area contributed by atoms with Crippen molar-refractivity contribution in [2.45, 2.75) is 20.8 Å². The molecular formula is C11H13NO. The molecule has 0 heterocycles. The lowest BCUT2D eigenvalue weighted by molar-refractivity contribution is -0.102. The van der Waals surface area contributed by atoms with Crippen LogP contribution in [0.1, 0.15) is 16.7 Å². The van der Waals surface area contributed by atoms with Gasteiger partial charge in [0.25, 0.3) is 0 Å². The van der Waals surface area contributed by atoms with Gasteiger partial charge >= 0.3 is 0 Å². The summed E-state index contributed by atoms with van der Waals surface area (Å²) in [5.41, 5.74) is 4.34. The summed E-state index contributed by atoms with van der Waals surface area (Å²) in [5.74, 6) is 0. The predicted octanol–water partition coefficient (Wildman–Crippen LogP) is 2.51. The molecule has 2 nitrogen and oxygen atoms in total. The summed E-state index contributed by atoms with van der Waals surface area (Å²) in [7, 11) is 0. The average molecular weight is 175 g/mol. The third kappa shape index (κ3) is 2.25. The summed E-state index contributed by atoms with van der Waals surface area (Å²) in [6, 6.07) is 4.12. The van der Waals surface area contributed by atoms with Crippen LogP contribution >= 0.6 is 0 Å². The molecule has 0 atom stereocenters. The van der Waals surface area contributed by atoms with E-state index in [0.29, 0.717) is 6.29 Å². The Balaban J connectivity index is 3.20. The zero-order valence-corrected chi connectivity index (χ0v) is 8.16. The van der Waals surface area contributed by atoms with Crippen molar-refractivity contribution in [2.24, 2.45) is 4.99 Å². The SMILES string of the molecule is Cc1cc(C)c(N=CC=O)c(C)c1. The summed E-state index contributed by atoms with van der Waals surface area (Å²) in [6.07, 6.45) is 1.98. The molecule has 0 saturated carbocycles. The van der Waals surface area contributed by atoms with E-state index < -0.39 is 0 Å². The van der Waals surface area contributed by atoms with Crippen molar-refractivity contribution in [3.63, 3.8) is 0 Å². The second kappa shape index (κ2) is 3.99. The van der Waals surface area contributed by atoms with Gasteiger partial charge in [0.15, 0.2) is 6.29 Å². The number of carbonyl (C=O) groups excluding carboxylic acids is 1. The highest BCUT2D eigenvalue weighted by molar-refractivity contribution is 6.13. The van der Waals surface area contributed by atoms with Crippen LogP contribution in [0.15, 0.2) is 17.1 Å². The molecule has 0 unspecified atom stereocenters. The molecule has 0 aliphatic heterocycles. The van der Waals surface area contributed by atoms with E-state index in [1.54, 1.807) is 0 Å². The van der Waals surface area contributed by atoms with Gasteiger partial charge in [-0.15, -0.1) is 0 Å². The molecule has 1 aromatic carbocycles. The highest BCUT2D eigenvalue weighted by atomic mass is 16.1. The van der Waals surface area contributed by atoms with E-state index in [4.69, 9.17) is 0 Å². The van der Waals surface area contributed by atoms with E-state index in [0.717, 1.165) is 16.8 Å². The molecule has 0 radical (unpaired) electrons. The fraction of sp³-hybridized carbons (Fsp3) is 0.273. The lowest BCUT2D eigenvalue weighted by Crippen LogP contribution is -1.84. The van der Waals surface area contributed by atoms with Gasteiger partial charge < -0.3 is 0 Å². The van der Waals surface area contributed by atoms with Gasteiger partial charge in [0.1, 0.15) is 0 Å².